The van der Waals surface area contributed by atoms with Gasteiger partial charge in [-0.25, -0.2) is 4.79 Å². The average Bonchev–Trinajstić information content (AvgIpc) is 3.14. The Morgan fingerprint density at radius 1 is 1.24 bits per heavy atom. The summed E-state index contributed by atoms with van der Waals surface area (Å²) in [5.74, 6) is 0.417. The summed E-state index contributed by atoms with van der Waals surface area (Å²) in [6.07, 6.45) is 1.49. The van der Waals surface area contributed by atoms with Crippen molar-refractivity contribution in [2.75, 3.05) is 20.1 Å². The summed E-state index contributed by atoms with van der Waals surface area (Å²) in [6, 6.07) is 11.2. The van der Waals surface area contributed by atoms with Crippen molar-refractivity contribution < 1.29 is 14.3 Å². The highest BCUT2D eigenvalue weighted by Crippen LogP contribution is 2.19. The number of amides is 2. The molecule has 3 N–H and O–H groups in total. The minimum Gasteiger partial charge on any atom is -0.466 e. The molecule has 1 unspecified atom stereocenters. The molecule has 6 nitrogen and oxygen atoms in total. The highest BCUT2D eigenvalue weighted by molar-refractivity contribution is 5.73. The molecule has 0 saturated heterocycles. The van der Waals surface area contributed by atoms with Crippen LogP contribution in [0.15, 0.2) is 47.1 Å². The highest BCUT2D eigenvalue weighted by Gasteiger charge is 2.26. The molecule has 2 rings (SSSR count). The van der Waals surface area contributed by atoms with Crippen LogP contribution in [0.25, 0.3) is 0 Å². The number of carbonyl (C=O) groups excluding carboxylic acids is 1. The van der Waals surface area contributed by atoms with E-state index in [-0.39, 0.29) is 12.6 Å². The highest BCUT2D eigenvalue weighted by atomic mass is 16.4. The normalized spacial score (nSPS) is 13.5. The van der Waals surface area contributed by atoms with Gasteiger partial charge in [-0.3, -0.25) is 0 Å². The maximum absolute atomic E-state index is 12.0. The Morgan fingerprint density at radius 3 is 2.68 bits per heavy atom. The maximum Gasteiger partial charge on any atom is 0.315 e. The lowest BCUT2D eigenvalue weighted by molar-refractivity contribution is 0.0367. The van der Waals surface area contributed by atoms with E-state index < -0.39 is 5.60 Å². The Morgan fingerprint density at radius 2 is 2.00 bits per heavy atom. The van der Waals surface area contributed by atoms with Crippen LogP contribution in [0.3, 0.4) is 0 Å². The van der Waals surface area contributed by atoms with Gasteiger partial charge in [0.25, 0.3) is 0 Å². The first kappa shape index (κ1) is 19.0. The number of benzene rings is 1. The van der Waals surface area contributed by atoms with E-state index in [4.69, 9.17) is 4.42 Å². The van der Waals surface area contributed by atoms with Crippen molar-refractivity contribution in [1.82, 2.24) is 15.5 Å². The number of nitrogens with one attached hydrogen (secondary N) is 2. The molecule has 6 heteroatoms. The van der Waals surface area contributed by atoms with Gasteiger partial charge in [-0.2, -0.15) is 0 Å². The van der Waals surface area contributed by atoms with Crippen molar-refractivity contribution in [1.29, 1.82) is 0 Å². The van der Waals surface area contributed by atoms with Gasteiger partial charge in [0, 0.05) is 13.1 Å². The Labute approximate surface area is 148 Å². The molecule has 0 bridgehead atoms. The number of nitrogens with zero attached hydrogens (tertiary/aromatic N) is 1. The van der Waals surface area contributed by atoms with Crippen molar-refractivity contribution in [2.24, 2.45) is 0 Å². The standard InChI is InChI=1S/C19H27N3O3/c1-4-22(3)13-16-8-5-7-15(11-16)12-20-18(23)21-14-19(2,24)17-9-6-10-25-17/h5-11,24H,4,12-14H2,1-3H3,(H2,20,21,23). The minimum atomic E-state index is -1.24. The van der Waals surface area contributed by atoms with Gasteiger partial charge >= 0.3 is 6.03 Å². The summed E-state index contributed by atoms with van der Waals surface area (Å²) in [4.78, 5) is 14.2. The number of furan rings is 1. The molecule has 0 saturated carbocycles. The molecule has 2 amide bonds. The first-order chi connectivity index (χ1) is 11.9. The van der Waals surface area contributed by atoms with Crippen LogP contribution in [0.1, 0.15) is 30.7 Å². The third kappa shape index (κ3) is 5.92. The monoisotopic (exact) mass is 345 g/mol. The van der Waals surface area contributed by atoms with Crippen LogP contribution in [-0.2, 0) is 18.7 Å². The molecule has 0 fully saturated rings. The van der Waals surface area contributed by atoms with Gasteiger partial charge < -0.3 is 25.1 Å². The SMILES string of the molecule is CCN(C)Cc1cccc(CNC(=O)NCC(C)(O)c2ccco2)c1. The van der Waals surface area contributed by atoms with Crippen LogP contribution in [0.5, 0.6) is 0 Å². The summed E-state index contributed by atoms with van der Waals surface area (Å²) >= 11 is 0. The molecule has 25 heavy (non-hydrogen) atoms. The fourth-order valence-electron chi connectivity index (χ4n) is 2.43. The third-order valence-electron chi connectivity index (χ3n) is 4.08. The van der Waals surface area contributed by atoms with Gasteiger partial charge in [-0.15, -0.1) is 0 Å². The summed E-state index contributed by atoms with van der Waals surface area (Å²) in [5.41, 5.74) is 1.01. The van der Waals surface area contributed by atoms with E-state index in [1.807, 2.05) is 12.1 Å². The number of urea groups is 1. The average molecular weight is 345 g/mol. The molecule has 1 aromatic heterocycles. The predicted octanol–water partition coefficient (Wildman–Crippen LogP) is 2.44. The second kappa shape index (κ2) is 8.69. The molecule has 0 aliphatic carbocycles. The van der Waals surface area contributed by atoms with Crippen molar-refractivity contribution >= 4 is 6.03 Å². The van der Waals surface area contributed by atoms with E-state index in [9.17, 15) is 9.90 Å². The van der Waals surface area contributed by atoms with Crippen molar-refractivity contribution in [3.05, 3.63) is 59.5 Å². The zero-order valence-corrected chi connectivity index (χ0v) is 15.1. The minimum absolute atomic E-state index is 0.0632. The topological polar surface area (TPSA) is 77.7 Å². The van der Waals surface area contributed by atoms with E-state index in [1.165, 1.54) is 11.8 Å². The van der Waals surface area contributed by atoms with Crippen LogP contribution >= 0.6 is 0 Å². The number of rotatable bonds is 8. The fraction of sp³-hybridized carbons (Fsp3) is 0.421. The van der Waals surface area contributed by atoms with Gasteiger partial charge in [-0.1, -0.05) is 31.2 Å². The number of carbonyl (C=O) groups is 1. The zero-order valence-electron chi connectivity index (χ0n) is 15.1. The lowest BCUT2D eigenvalue weighted by atomic mass is 10.0. The Kier molecular flexibility index (Phi) is 6.61. The predicted molar refractivity (Wildman–Crippen MR) is 97.0 cm³/mol. The van der Waals surface area contributed by atoms with E-state index in [0.717, 1.165) is 18.7 Å². The van der Waals surface area contributed by atoms with E-state index in [2.05, 4.69) is 41.6 Å². The molecule has 0 spiro atoms. The first-order valence-corrected chi connectivity index (χ1v) is 8.45. The van der Waals surface area contributed by atoms with Gasteiger partial charge in [0.15, 0.2) is 0 Å². The molecule has 136 valence electrons. The largest absolute Gasteiger partial charge is 0.466 e. The molecule has 1 aromatic carbocycles. The lowest BCUT2D eigenvalue weighted by Crippen LogP contribution is -2.43. The molecule has 0 aliphatic heterocycles. The van der Waals surface area contributed by atoms with Crippen LogP contribution in [0.2, 0.25) is 0 Å². The number of hydrogen-bond donors (Lipinski definition) is 3. The maximum atomic E-state index is 12.0. The smallest absolute Gasteiger partial charge is 0.315 e. The quantitative estimate of drug-likeness (QED) is 0.687. The molecular formula is C19H27N3O3. The van der Waals surface area contributed by atoms with E-state index in [1.54, 1.807) is 19.1 Å². The molecule has 0 radical (unpaired) electrons. The molecule has 2 aromatic rings. The van der Waals surface area contributed by atoms with Crippen molar-refractivity contribution in [3.8, 4) is 0 Å². The van der Waals surface area contributed by atoms with Gasteiger partial charge in [0.1, 0.15) is 11.4 Å². The van der Waals surface area contributed by atoms with Crippen LogP contribution in [-0.4, -0.2) is 36.2 Å². The summed E-state index contributed by atoms with van der Waals surface area (Å²) in [7, 11) is 2.07. The Hall–Kier alpha value is -2.31. The van der Waals surface area contributed by atoms with Crippen LogP contribution in [0.4, 0.5) is 4.79 Å². The number of aliphatic hydroxyl groups is 1. The van der Waals surface area contributed by atoms with Crippen LogP contribution in [0, 0.1) is 0 Å². The Balaban J connectivity index is 1.81. The Bertz CT molecular complexity index is 668. The van der Waals surface area contributed by atoms with Gasteiger partial charge in [0.05, 0.1) is 12.8 Å². The lowest BCUT2D eigenvalue weighted by Gasteiger charge is -2.21. The molecule has 1 heterocycles. The summed E-state index contributed by atoms with van der Waals surface area (Å²) in [6.45, 7) is 6.07. The second-order valence-electron chi connectivity index (χ2n) is 6.44. The van der Waals surface area contributed by atoms with Gasteiger partial charge in [-0.05, 0) is 43.8 Å². The van der Waals surface area contributed by atoms with E-state index in [0.29, 0.717) is 12.3 Å². The first-order valence-electron chi connectivity index (χ1n) is 8.45. The second-order valence-corrected chi connectivity index (χ2v) is 6.44. The summed E-state index contributed by atoms with van der Waals surface area (Å²) < 4.78 is 5.19. The molecule has 1 atom stereocenters. The van der Waals surface area contributed by atoms with Crippen molar-refractivity contribution in [2.45, 2.75) is 32.5 Å². The van der Waals surface area contributed by atoms with Gasteiger partial charge in [0.2, 0.25) is 0 Å². The third-order valence-corrected chi connectivity index (χ3v) is 4.08. The molecule has 0 aliphatic rings. The summed E-state index contributed by atoms with van der Waals surface area (Å²) in [5, 5.41) is 15.8. The van der Waals surface area contributed by atoms with Crippen LogP contribution < -0.4 is 10.6 Å². The number of hydrogen-bond acceptors (Lipinski definition) is 4. The fourth-order valence-corrected chi connectivity index (χ4v) is 2.43. The van der Waals surface area contributed by atoms with E-state index >= 15 is 0 Å². The molecular weight excluding hydrogens is 318 g/mol. The zero-order chi connectivity index (χ0) is 18.3. The van der Waals surface area contributed by atoms with Crippen molar-refractivity contribution in [3.63, 3.8) is 0 Å².